The summed E-state index contributed by atoms with van der Waals surface area (Å²) in [7, 11) is 1.85. The van der Waals surface area contributed by atoms with Crippen LogP contribution in [0, 0.1) is 5.41 Å². The lowest BCUT2D eigenvalue weighted by atomic mass is 9.83. The minimum absolute atomic E-state index is 0.0560. The van der Waals surface area contributed by atoms with E-state index in [0.717, 1.165) is 0 Å². The molecule has 1 rings (SSSR count). The highest BCUT2D eigenvalue weighted by molar-refractivity contribution is 8.13. The molecule has 108 valence electrons. The first kappa shape index (κ1) is 16.2. The zero-order valence-electron chi connectivity index (χ0n) is 10.7. The molecule has 0 radical (unpaired) electrons. The summed E-state index contributed by atoms with van der Waals surface area (Å²) in [5.41, 5.74) is -0.412. The molecule has 1 saturated heterocycles. The van der Waals surface area contributed by atoms with E-state index in [9.17, 15) is 8.42 Å². The van der Waals surface area contributed by atoms with Crippen LogP contribution < -0.4 is 0 Å². The van der Waals surface area contributed by atoms with Gasteiger partial charge in [0.25, 0.3) is 0 Å². The summed E-state index contributed by atoms with van der Waals surface area (Å²) in [4.78, 5) is 0. The maximum absolute atomic E-state index is 11.3. The van der Waals surface area contributed by atoms with Gasteiger partial charge in [-0.15, -0.1) is 0 Å². The van der Waals surface area contributed by atoms with Gasteiger partial charge in [0.05, 0.1) is 25.6 Å². The molecule has 0 unspecified atom stereocenters. The molecule has 7 heteroatoms. The summed E-state index contributed by atoms with van der Waals surface area (Å²) in [6, 6.07) is 0. The van der Waals surface area contributed by atoms with Crippen molar-refractivity contribution in [1.29, 1.82) is 0 Å². The van der Waals surface area contributed by atoms with E-state index in [0.29, 0.717) is 52.5 Å². The normalized spacial score (nSPS) is 19.9. The molecule has 1 heterocycles. The van der Waals surface area contributed by atoms with Gasteiger partial charge in [-0.2, -0.15) is 0 Å². The molecular formula is C11H21ClO5S. The molecule has 0 spiro atoms. The molecule has 0 saturated carbocycles. The van der Waals surface area contributed by atoms with Gasteiger partial charge in [-0.1, -0.05) is 0 Å². The monoisotopic (exact) mass is 300 g/mol. The Bertz CT molecular complexity index is 324. The second kappa shape index (κ2) is 7.65. The number of ether oxygens (including phenoxy) is 3. The first-order valence-electron chi connectivity index (χ1n) is 6.13. The molecular weight excluding hydrogens is 280 g/mol. The van der Waals surface area contributed by atoms with Crippen molar-refractivity contribution in [3.63, 3.8) is 0 Å². The fraction of sp³-hybridized carbons (Fsp3) is 1.00. The van der Waals surface area contributed by atoms with Crippen LogP contribution in [0.25, 0.3) is 0 Å². The SMILES string of the molecule is CCOCCOCC1(CS(=O)(=O)Cl)CCOCC1. The Balaban J connectivity index is 2.45. The summed E-state index contributed by atoms with van der Waals surface area (Å²) in [6.45, 7) is 5.06. The quantitative estimate of drug-likeness (QED) is 0.501. The Morgan fingerprint density at radius 1 is 1.22 bits per heavy atom. The lowest BCUT2D eigenvalue weighted by Gasteiger charge is -2.35. The van der Waals surface area contributed by atoms with Crippen LogP contribution in [0.4, 0.5) is 0 Å². The lowest BCUT2D eigenvalue weighted by molar-refractivity contribution is -0.0391. The maximum Gasteiger partial charge on any atom is 0.233 e. The van der Waals surface area contributed by atoms with E-state index >= 15 is 0 Å². The highest BCUT2D eigenvalue weighted by Crippen LogP contribution is 2.33. The molecule has 0 aromatic heterocycles. The Morgan fingerprint density at radius 3 is 2.39 bits per heavy atom. The predicted octanol–water partition coefficient (Wildman–Crippen LogP) is 1.40. The molecule has 5 nitrogen and oxygen atoms in total. The van der Waals surface area contributed by atoms with E-state index in [1.54, 1.807) is 0 Å². The molecule has 0 aromatic rings. The molecule has 0 N–H and O–H groups in total. The fourth-order valence-electron chi connectivity index (χ4n) is 2.05. The maximum atomic E-state index is 11.3. The van der Waals surface area contributed by atoms with E-state index < -0.39 is 14.5 Å². The molecule has 1 aliphatic heterocycles. The van der Waals surface area contributed by atoms with Gasteiger partial charge in [0.1, 0.15) is 0 Å². The van der Waals surface area contributed by atoms with E-state index in [1.807, 2.05) is 6.92 Å². The zero-order valence-corrected chi connectivity index (χ0v) is 12.3. The third-order valence-corrected chi connectivity index (χ3v) is 4.30. The third kappa shape index (κ3) is 6.33. The summed E-state index contributed by atoms with van der Waals surface area (Å²) < 4.78 is 38.5. The largest absolute Gasteiger partial charge is 0.381 e. The van der Waals surface area contributed by atoms with E-state index in [2.05, 4.69) is 0 Å². The van der Waals surface area contributed by atoms with E-state index in [-0.39, 0.29) is 5.75 Å². The second-order valence-corrected chi connectivity index (χ2v) is 7.32. The van der Waals surface area contributed by atoms with E-state index in [1.165, 1.54) is 0 Å². The first-order chi connectivity index (χ1) is 8.47. The molecule has 0 bridgehead atoms. The second-order valence-electron chi connectivity index (χ2n) is 4.55. The van der Waals surface area contributed by atoms with Crippen molar-refractivity contribution in [3.8, 4) is 0 Å². The third-order valence-electron chi connectivity index (χ3n) is 3.02. The van der Waals surface area contributed by atoms with Crippen molar-refractivity contribution in [2.24, 2.45) is 5.41 Å². The summed E-state index contributed by atoms with van der Waals surface area (Å²) in [5, 5.41) is 0. The predicted molar refractivity (Wildman–Crippen MR) is 69.4 cm³/mol. The molecule has 0 aliphatic carbocycles. The average molecular weight is 301 g/mol. The van der Waals surface area contributed by atoms with Crippen LogP contribution in [0.5, 0.6) is 0 Å². The minimum atomic E-state index is -3.52. The Labute approximate surface area is 113 Å². The van der Waals surface area contributed by atoms with Gasteiger partial charge in [-0.3, -0.25) is 0 Å². The molecule has 1 aliphatic rings. The van der Waals surface area contributed by atoms with Crippen LogP contribution in [0.15, 0.2) is 0 Å². The van der Waals surface area contributed by atoms with Crippen LogP contribution in [-0.2, 0) is 23.3 Å². The minimum Gasteiger partial charge on any atom is -0.381 e. The number of halogens is 1. The van der Waals surface area contributed by atoms with Gasteiger partial charge >= 0.3 is 0 Å². The summed E-state index contributed by atoms with van der Waals surface area (Å²) >= 11 is 0. The molecule has 0 amide bonds. The van der Waals surface area contributed by atoms with Gasteiger partial charge in [-0.25, -0.2) is 8.42 Å². The molecule has 1 fully saturated rings. The molecule has 0 aromatic carbocycles. The Kier molecular flexibility index (Phi) is 6.87. The van der Waals surface area contributed by atoms with Gasteiger partial charge in [-0.05, 0) is 19.8 Å². The fourth-order valence-corrected chi connectivity index (χ4v) is 3.85. The van der Waals surface area contributed by atoms with Crippen molar-refractivity contribution >= 4 is 19.7 Å². The molecule has 18 heavy (non-hydrogen) atoms. The van der Waals surface area contributed by atoms with Crippen LogP contribution >= 0.6 is 10.7 Å². The van der Waals surface area contributed by atoms with Crippen molar-refractivity contribution < 1.29 is 22.6 Å². The van der Waals surface area contributed by atoms with Gasteiger partial charge in [0.2, 0.25) is 9.05 Å². The summed E-state index contributed by atoms with van der Waals surface area (Å²) in [5.74, 6) is -0.0560. The first-order valence-corrected chi connectivity index (χ1v) is 8.61. The van der Waals surface area contributed by atoms with Crippen LogP contribution in [-0.4, -0.2) is 53.8 Å². The van der Waals surface area contributed by atoms with Crippen LogP contribution in [0.3, 0.4) is 0 Å². The van der Waals surface area contributed by atoms with Gasteiger partial charge in [0.15, 0.2) is 0 Å². The number of hydrogen-bond donors (Lipinski definition) is 0. The highest BCUT2D eigenvalue weighted by Gasteiger charge is 2.37. The van der Waals surface area contributed by atoms with Crippen molar-refractivity contribution in [2.75, 3.05) is 45.4 Å². The van der Waals surface area contributed by atoms with Gasteiger partial charge < -0.3 is 14.2 Å². The standard InChI is InChI=1S/C11H21ClO5S/c1-2-15-7-8-17-9-11(10-18(12,13)14)3-5-16-6-4-11/h2-10H2,1H3. The topological polar surface area (TPSA) is 61.8 Å². The lowest BCUT2D eigenvalue weighted by Crippen LogP contribution is -2.39. The van der Waals surface area contributed by atoms with Crippen molar-refractivity contribution in [3.05, 3.63) is 0 Å². The smallest absolute Gasteiger partial charge is 0.233 e. The van der Waals surface area contributed by atoms with E-state index in [4.69, 9.17) is 24.9 Å². The van der Waals surface area contributed by atoms with Gasteiger partial charge in [0, 0.05) is 35.9 Å². The van der Waals surface area contributed by atoms with Crippen LogP contribution in [0.1, 0.15) is 19.8 Å². The van der Waals surface area contributed by atoms with Crippen molar-refractivity contribution in [2.45, 2.75) is 19.8 Å². The highest BCUT2D eigenvalue weighted by atomic mass is 35.7. The Morgan fingerprint density at radius 2 is 1.83 bits per heavy atom. The Hall–Kier alpha value is 0.120. The molecule has 0 atom stereocenters. The number of hydrogen-bond acceptors (Lipinski definition) is 5. The van der Waals surface area contributed by atoms with Crippen LogP contribution in [0.2, 0.25) is 0 Å². The average Bonchev–Trinajstić information content (AvgIpc) is 2.27. The van der Waals surface area contributed by atoms with Crippen molar-refractivity contribution in [1.82, 2.24) is 0 Å². The zero-order chi connectivity index (χ0) is 13.5. The summed E-state index contributed by atoms with van der Waals surface area (Å²) in [6.07, 6.45) is 1.32. The number of rotatable bonds is 8.